The fraction of sp³-hybridized carbons (Fsp3) is 0.708. The van der Waals surface area contributed by atoms with Crippen LogP contribution in [0.2, 0.25) is 0 Å². The first-order chi connectivity index (χ1) is 15.2. The van der Waals surface area contributed by atoms with Crippen LogP contribution in [0.25, 0.3) is 0 Å². The Balaban J connectivity index is 0.00000363. The molecule has 1 unspecified atom stereocenters. The van der Waals surface area contributed by atoms with E-state index in [1.165, 1.54) is 5.56 Å². The molecule has 0 aliphatic carbocycles. The molecule has 2 aliphatic heterocycles. The van der Waals surface area contributed by atoms with Gasteiger partial charge >= 0.3 is 0 Å². The molecule has 3 rings (SSSR count). The van der Waals surface area contributed by atoms with E-state index in [0.29, 0.717) is 19.8 Å². The average Bonchev–Trinajstić information content (AvgIpc) is 3.26. The average molecular weight is 562 g/mol. The summed E-state index contributed by atoms with van der Waals surface area (Å²) >= 11 is 0. The molecule has 2 fully saturated rings. The Kier molecular flexibility index (Phi) is 11.5. The molecule has 1 aromatic rings. The van der Waals surface area contributed by atoms with Gasteiger partial charge in [-0.2, -0.15) is 0 Å². The quantitative estimate of drug-likeness (QED) is 0.232. The van der Waals surface area contributed by atoms with E-state index in [1.54, 1.807) is 0 Å². The Labute approximate surface area is 209 Å². The van der Waals surface area contributed by atoms with Crippen LogP contribution in [0.5, 0.6) is 5.75 Å². The fourth-order valence-electron chi connectivity index (χ4n) is 4.53. The maximum Gasteiger partial charge on any atom is 0.191 e. The number of nitrogens with zero attached hydrogens (tertiary/aromatic N) is 1. The van der Waals surface area contributed by atoms with Crippen LogP contribution in [0, 0.1) is 5.41 Å². The number of guanidine groups is 1. The summed E-state index contributed by atoms with van der Waals surface area (Å²) in [5.74, 6) is 1.73. The fourth-order valence-corrected chi connectivity index (χ4v) is 4.53. The lowest BCUT2D eigenvalue weighted by Crippen LogP contribution is -2.48. The van der Waals surface area contributed by atoms with Crippen molar-refractivity contribution in [3.63, 3.8) is 0 Å². The topological polar surface area (TPSA) is 84.3 Å². The summed E-state index contributed by atoms with van der Waals surface area (Å²) in [6.45, 7) is 10.1. The largest absolute Gasteiger partial charge is 0.494 e. The molecule has 2 aliphatic rings. The van der Waals surface area contributed by atoms with Crippen LogP contribution in [-0.2, 0) is 14.9 Å². The first kappa shape index (κ1) is 27.1. The molecule has 3 N–H and O–H groups in total. The van der Waals surface area contributed by atoms with Crippen molar-refractivity contribution in [2.75, 3.05) is 59.3 Å². The number of aliphatic hydroxyl groups is 1. The van der Waals surface area contributed by atoms with Crippen molar-refractivity contribution in [3.8, 4) is 5.75 Å². The lowest BCUT2D eigenvalue weighted by Gasteiger charge is -2.38. The lowest BCUT2D eigenvalue weighted by atomic mass is 9.74. The summed E-state index contributed by atoms with van der Waals surface area (Å²) in [6.07, 6.45) is 3.61. The first-order valence-electron chi connectivity index (χ1n) is 11.7. The normalized spacial score (nSPS) is 22.8. The maximum atomic E-state index is 9.49. The standard InChI is InChI=1S/C24H39N3O4.HI/c1-3-25-22(26-17-23(9-13-28)10-14-30-19-23)27-18-24(11-15-29-16-12-24)20-5-7-21(8-6-20)31-4-2;/h5-8,28H,3-4,9-19H2,1-2H3,(H2,25,26,27);1H. The van der Waals surface area contributed by atoms with Crippen molar-refractivity contribution >= 4 is 29.9 Å². The van der Waals surface area contributed by atoms with Crippen LogP contribution in [-0.4, -0.2) is 70.3 Å². The molecular formula is C24H40IN3O4. The van der Waals surface area contributed by atoms with Crippen molar-refractivity contribution in [1.29, 1.82) is 0 Å². The predicted molar refractivity (Wildman–Crippen MR) is 138 cm³/mol. The molecule has 0 amide bonds. The molecule has 32 heavy (non-hydrogen) atoms. The predicted octanol–water partition coefficient (Wildman–Crippen LogP) is 3.10. The number of benzene rings is 1. The number of aliphatic hydroxyl groups excluding tert-OH is 1. The van der Waals surface area contributed by atoms with E-state index >= 15 is 0 Å². The van der Waals surface area contributed by atoms with Crippen LogP contribution in [0.4, 0.5) is 0 Å². The van der Waals surface area contributed by atoms with Crippen LogP contribution >= 0.6 is 24.0 Å². The smallest absolute Gasteiger partial charge is 0.191 e. The third-order valence-electron chi connectivity index (χ3n) is 6.57. The molecule has 8 heteroatoms. The SMILES string of the molecule is CCNC(=NCC1(CCO)CCOC1)NCC1(c2ccc(OCC)cc2)CCOCC1.I. The van der Waals surface area contributed by atoms with E-state index in [2.05, 4.69) is 41.8 Å². The number of hydrogen-bond acceptors (Lipinski definition) is 5. The lowest BCUT2D eigenvalue weighted by molar-refractivity contribution is 0.0513. The van der Waals surface area contributed by atoms with Gasteiger partial charge in [0.05, 0.1) is 19.8 Å². The van der Waals surface area contributed by atoms with E-state index in [0.717, 1.165) is 70.3 Å². The second-order valence-corrected chi connectivity index (χ2v) is 8.68. The van der Waals surface area contributed by atoms with E-state index < -0.39 is 0 Å². The second kappa shape index (κ2) is 13.6. The number of hydrogen-bond donors (Lipinski definition) is 3. The van der Waals surface area contributed by atoms with Crippen molar-refractivity contribution in [1.82, 2.24) is 10.6 Å². The van der Waals surface area contributed by atoms with Crippen LogP contribution < -0.4 is 15.4 Å². The highest BCUT2D eigenvalue weighted by atomic mass is 127. The highest BCUT2D eigenvalue weighted by Gasteiger charge is 2.36. The molecule has 7 nitrogen and oxygen atoms in total. The van der Waals surface area contributed by atoms with Gasteiger partial charge in [0, 0.05) is 50.3 Å². The molecule has 0 aromatic heterocycles. The molecule has 0 bridgehead atoms. The Hall–Kier alpha value is -1.10. The minimum Gasteiger partial charge on any atom is -0.494 e. The van der Waals surface area contributed by atoms with Gasteiger partial charge in [0.2, 0.25) is 0 Å². The Morgan fingerprint density at radius 1 is 1.06 bits per heavy atom. The minimum atomic E-state index is -0.0530. The summed E-state index contributed by atoms with van der Waals surface area (Å²) in [5, 5.41) is 16.5. The van der Waals surface area contributed by atoms with Crippen LogP contribution in [0.1, 0.15) is 45.1 Å². The van der Waals surface area contributed by atoms with Gasteiger partial charge in [-0.15, -0.1) is 24.0 Å². The monoisotopic (exact) mass is 561 g/mol. The first-order valence-corrected chi connectivity index (χ1v) is 11.7. The third-order valence-corrected chi connectivity index (χ3v) is 6.57. The number of ether oxygens (including phenoxy) is 3. The summed E-state index contributed by atoms with van der Waals surface area (Å²) in [7, 11) is 0. The van der Waals surface area contributed by atoms with Crippen molar-refractivity contribution < 1.29 is 19.3 Å². The maximum absolute atomic E-state index is 9.49. The Morgan fingerprint density at radius 2 is 1.78 bits per heavy atom. The van der Waals surface area contributed by atoms with Gasteiger partial charge in [0.1, 0.15) is 5.75 Å². The highest BCUT2D eigenvalue weighted by Crippen LogP contribution is 2.35. The van der Waals surface area contributed by atoms with Gasteiger partial charge in [-0.05, 0) is 57.2 Å². The molecule has 0 saturated carbocycles. The number of halogens is 1. The summed E-state index contributed by atoms with van der Waals surface area (Å²) < 4.78 is 16.9. The zero-order valence-electron chi connectivity index (χ0n) is 19.5. The van der Waals surface area contributed by atoms with Gasteiger partial charge in [-0.1, -0.05) is 12.1 Å². The number of rotatable bonds is 10. The zero-order chi connectivity index (χ0) is 22.0. The molecule has 2 heterocycles. The van der Waals surface area contributed by atoms with Crippen molar-refractivity contribution in [3.05, 3.63) is 29.8 Å². The third kappa shape index (κ3) is 7.20. The molecule has 0 spiro atoms. The second-order valence-electron chi connectivity index (χ2n) is 8.68. The molecule has 1 atom stereocenters. The van der Waals surface area contributed by atoms with E-state index in [1.807, 2.05) is 6.92 Å². The number of aliphatic imine (C=N–C) groups is 1. The van der Waals surface area contributed by atoms with E-state index in [9.17, 15) is 5.11 Å². The van der Waals surface area contributed by atoms with Gasteiger partial charge in [-0.3, -0.25) is 4.99 Å². The summed E-state index contributed by atoms with van der Waals surface area (Å²) in [4.78, 5) is 4.89. The molecule has 0 radical (unpaired) electrons. The summed E-state index contributed by atoms with van der Waals surface area (Å²) in [6, 6.07) is 8.50. The minimum absolute atomic E-state index is 0. The van der Waals surface area contributed by atoms with E-state index in [4.69, 9.17) is 19.2 Å². The Bertz CT molecular complexity index is 687. The van der Waals surface area contributed by atoms with E-state index in [-0.39, 0.29) is 41.4 Å². The van der Waals surface area contributed by atoms with Gasteiger partial charge in [0.25, 0.3) is 0 Å². The summed E-state index contributed by atoms with van der Waals surface area (Å²) in [5.41, 5.74) is 1.25. The van der Waals surface area contributed by atoms with Crippen LogP contribution in [0.15, 0.2) is 29.3 Å². The number of nitrogens with one attached hydrogen (secondary N) is 2. The van der Waals surface area contributed by atoms with Crippen molar-refractivity contribution in [2.24, 2.45) is 10.4 Å². The zero-order valence-corrected chi connectivity index (χ0v) is 21.9. The molecular weight excluding hydrogens is 521 g/mol. The Morgan fingerprint density at radius 3 is 2.38 bits per heavy atom. The molecule has 182 valence electrons. The molecule has 2 saturated heterocycles. The van der Waals surface area contributed by atoms with Gasteiger partial charge in [0.15, 0.2) is 5.96 Å². The van der Waals surface area contributed by atoms with Gasteiger partial charge in [-0.25, -0.2) is 0 Å². The van der Waals surface area contributed by atoms with Crippen molar-refractivity contribution in [2.45, 2.75) is 44.9 Å². The molecule has 1 aromatic carbocycles. The van der Waals surface area contributed by atoms with Gasteiger partial charge < -0.3 is 30.0 Å². The highest BCUT2D eigenvalue weighted by molar-refractivity contribution is 14.0. The van der Waals surface area contributed by atoms with Crippen LogP contribution in [0.3, 0.4) is 0 Å².